The normalized spacial score (nSPS) is 24.6. The SMILES string of the molecule is Cl.O=C(Nc1ccc(N2CCC3(CC2)CN(CC2CCNCC2)C3)cn1)C1CCNCC1. The second kappa shape index (κ2) is 10.7. The van der Waals surface area contributed by atoms with Crippen LogP contribution in [0.3, 0.4) is 0 Å². The third kappa shape index (κ3) is 5.56. The predicted molar refractivity (Wildman–Crippen MR) is 132 cm³/mol. The molecule has 0 aliphatic carbocycles. The Labute approximate surface area is 198 Å². The standard InChI is InChI=1S/C24H38N6O.ClH/c31-23(20-5-11-26-12-6-20)28-22-2-1-21(15-27-22)30-13-7-24(8-14-30)17-29(18-24)16-19-3-9-25-10-4-19;/h1-2,15,19-20,25-26H,3-14,16-18H2,(H,27,28,31);1H. The van der Waals surface area contributed by atoms with Crippen LogP contribution in [0.4, 0.5) is 11.5 Å². The molecule has 4 aliphatic rings. The first kappa shape index (κ1) is 23.7. The van der Waals surface area contributed by atoms with Crippen molar-refractivity contribution >= 4 is 29.8 Å². The number of nitrogens with zero attached hydrogens (tertiary/aromatic N) is 3. The van der Waals surface area contributed by atoms with Gasteiger partial charge in [0.1, 0.15) is 5.82 Å². The molecule has 178 valence electrons. The largest absolute Gasteiger partial charge is 0.370 e. The first-order chi connectivity index (χ1) is 15.2. The third-order valence-corrected chi connectivity index (χ3v) is 7.99. The summed E-state index contributed by atoms with van der Waals surface area (Å²) < 4.78 is 0. The molecule has 1 spiro atoms. The lowest BCUT2D eigenvalue weighted by Crippen LogP contribution is -2.61. The van der Waals surface area contributed by atoms with E-state index in [1.807, 2.05) is 12.3 Å². The fraction of sp³-hybridized carbons (Fsp3) is 0.750. The summed E-state index contributed by atoms with van der Waals surface area (Å²) >= 11 is 0. The smallest absolute Gasteiger partial charge is 0.228 e. The van der Waals surface area contributed by atoms with E-state index in [0.717, 1.165) is 44.9 Å². The molecule has 4 fully saturated rings. The Morgan fingerprint density at radius 2 is 1.69 bits per heavy atom. The Morgan fingerprint density at radius 3 is 2.31 bits per heavy atom. The number of rotatable bonds is 5. The minimum absolute atomic E-state index is 0. The number of carbonyl (C=O) groups excluding carboxylic acids is 1. The average molecular weight is 463 g/mol. The van der Waals surface area contributed by atoms with Crippen LogP contribution in [0.5, 0.6) is 0 Å². The lowest BCUT2D eigenvalue weighted by atomic mass is 9.71. The second-order valence-corrected chi connectivity index (χ2v) is 10.3. The van der Waals surface area contributed by atoms with Crippen LogP contribution in [0.15, 0.2) is 18.3 Å². The predicted octanol–water partition coefficient (Wildman–Crippen LogP) is 2.34. The van der Waals surface area contributed by atoms with Crippen LogP contribution < -0.4 is 20.9 Å². The molecule has 0 atom stereocenters. The van der Waals surface area contributed by atoms with E-state index in [0.29, 0.717) is 11.2 Å². The van der Waals surface area contributed by atoms with Crippen LogP contribution in [0.25, 0.3) is 0 Å². The van der Waals surface area contributed by atoms with Crippen molar-refractivity contribution in [2.45, 2.75) is 38.5 Å². The maximum absolute atomic E-state index is 12.4. The van der Waals surface area contributed by atoms with Crippen LogP contribution in [-0.4, -0.2) is 74.7 Å². The summed E-state index contributed by atoms with van der Waals surface area (Å²) in [4.78, 5) is 22.1. The summed E-state index contributed by atoms with van der Waals surface area (Å²) in [5.41, 5.74) is 1.74. The van der Waals surface area contributed by atoms with Gasteiger partial charge in [0.15, 0.2) is 0 Å². The molecule has 0 bridgehead atoms. The van der Waals surface area contributed by atoms with E-state index in [9.17, 15) is 4.79 Å². The highest BCUT2D eigenvalue weighted by molar-refractivity contribution is 5.91. The summed E-state index contributed by atoms with van der Waals surface area (Å²) in [5, 5.41) is 9.79. The van der Waals surface area contributed by atoms with Gasteiger partial charge in [0.05, 0.1) is 11.9 Å². The van der Waals surface area contributed by atoms with Gasteiger partial charge in [-0.25, -0.2) is 4.98 Å². The molecule has 4 aliphatic heterocycles. The molecule has 32 heavy (non-hydrogen) atoms. The number of pyridine rings is 1. The Morgan fingerprint density at radius 1 is 1.03 bits per heavy atom. The molecule has 0 radical (unpaired) electrons. The van der Waals surface area contributed by atoms with Crippen molar-refractivity contribution in [3.8, 4) is 0 Å². The first-order valence-corrected chi connectivity index (χ1v) is 12.3. The number of halogens is 1. The molecular weight excluding hydrogens is 424 g/mol. The lowest BCUT2D eigenvalue weighted by Gasteiger charge is -2.55. The summed E-state index contributed by atoms with van der Waals surface area (Å²) in [6, 6.07) is 4.08. The van der Waals surface area contributed by atoms with Crippen LogP contribution >= 0.6 is 12.4 Å². The zero-order valence-electron chi connectivity index (χ0n) is 19.2. The molecule has 8 heteroatoms. The number of nitrogens with one attached hydrogen (secondary N) is 3. The maximum Gasteiger partial charge on any atom is 0.228 e. The topological polar surface area (TPSA) is 72.5 Å². The number of likely N-dealkylation sites (tertiary alicyclic amines) is 1. The van der Waals surface area contributed by atoms with Gasteiger partial charge in [-0.3, -0.25) is 4.79 Å². The van der Waals surface area contributed by atoms with Crippen LogP contribution in [0, 0.1) is 17.3 Å². The Balaban J connectivity index is 0.00000245. The molecule has 1 amide bonds. The van der Waals surface area contributed by atoms with E-state index in [4.69, 9.17) is 0 Å². The quantitative estimate of drug-likeness (QED) is 0.623. The number of piperidine rings is 3. The number of hydrogen-bond donors (Lipinski definition) is 3. The van der Waals surface area contributed by atoms with Gasteiger partial charge in [-0.1, -0.05) is 0 Å². The number of amides is 1. The van der Waals surface area contributed by atoms with Gasteiger partial charge in [-0.2, -0.15) is 0 Å². The molecule has 1 aromatic rings. The molecule has 0 aromatic carbocycles. The molecule has 3 N–H and O–H groups in total. The van der Waals surface area contributed by atoms with Gasteiger partial charge in [-0.15, -0.1) is 12.4 Å². The van der Waals surface area contributed by atoms with Crippen molar-refractivity contribution < 1.29 is 4.79 Å². The van der Waals surface area contributed by atoms with Crippen molar-refractivity contribution in [3.05, 3.63) is 18.3 Å². The molecule has 0 unspecified atom stereocenters. The Kier molecular flexibility index (Phi) is 7.92. The van der Waals surface area contributed by atoms with Gasteiger partial charge < -0.3 is 25.8 Å². The van der Waals surface area contributed by atoms with Gasteiger partial charge in [0, 0.05) is 38.6 Å². The Hall–Kier alpha value is -1.41. The van der Waals surface area contributed by atoms with Crippen LogP contribution in [-0.2, 0) is 4.79 Å². The highest BCUT2D eigenvalue weighted by Crippen LogP contribution is 2.41. The van der Waals surface area contributed by atoms with E-state index in [2.05, 4.69) is 36.8 Å². The molecule has 0 saturated carbocycles. The zero-order valence-corrected chi connectivity index (χ0v) is 20.0. The summed E-state index contributed by atoms with van der Waals surface area (Å²) in [5.74, 6) is 1.80. The zero-order chi connectivity index (χ0) is 21.1. The van der Waals surface area contributed by atoms with Crippen molar-refractivity contribution in [2.75, 3.05) is 69.1 Å². The van der Waals surface area contributed by atoms with Crippen molar-refractivity contribution in [1.82, 2.24) is 20.5 Å². The third-order valence-electron chi connectivity index (χ3n) is 7.99. The van der Waals surface area contributed by atoms with Gasteiger partial charge in [0.25, 0.3) is 0 Å². The minimum atomic E-state index is 0. The maximum atomic E-state index is 12.4. The van der Waals surface area contributed by atoms with Crippen molar-refractivity contribution in [3.63, 3.8) is 0 Å². The first-order valence-electron chi connectivity index (χ1n) is 12.3. The minimum Gasteiger partial charge on any atom is -0.370 e. The summed E-state index contributed by atoms with van der Waals surface area (Å²) in [7, 11) is 0. The van der Waals surface area contributed by atoms with E-state index in [1.54, 1.807) is 0 Å². The van der Waals surface area contributed by atoms with Gasteiger partial charge in [-0.05, 0) is 88.2 Å². The van der Waals surface area contributed by atoms with Gasteiger partial charge in [0.2, 0.25) is 5.91 Å². The lowest BCUT2D eigenvalue weighted by molar-refractivity contribution is -0.120. The Bertz CT molecular complexity index is 731. The molecule has 1 aromatic heterocycles. The van der Waals surface area contributed by atoms with Gasteiger partial charge >= 0.3 is 0 Å². The highest BCUT2D eigenvalue weighted by Gasteiger charge is 2.45. The molecule has 7 nitrogen and oxygen atoms in total. The number of carbonyl (C=O) groups is 1. The van der Waals surface area contributed by atoms with Crippen molar-refractivity contribution in [2.24, 2.45) is 17.3 Å². The number of anilines is 2. The van der Waals surface area contributed by atoms with E-state index >= 15 is 0 Å². The van der Waals surface area contributed by atoms with Crippen LogP contribution in [0.1, 0.15) is 38.5 Å². The van der Waals surface area contributed by atoms with Crippen LogP contribution in [0.2, 0.25) is 0 Å². The second-order valence-electron chi connectivity index (χ2n) is 10.3. The average Bonchev–Trinajstić information content (AvgIpc) is 2.80. The molecular formula is C24H39ClN6O. The van der Waals surface area contributed by atoms with E-state index in [1.165, 1.54) is 64.1 Å². The highest BCUT2D eigenvalue weighted by atomic mass is 35.5. The fourth-order valence-corrected chi connectivity index (χ4v) is 5.98. The van der Waals surface area contributed by atoms with Crippen molar-refractivity contribution in [1.29, 1.82) is 0 Å². The summed E-state index contributed by atoms with van der Waals surface area (Å²) in [6.07, 6.45) is 9.01. The molecule has 5 heterocycles. The van der Waals surface area contributed by atoms with E-state index in [-0.39, 0.29) is 24.2 Å². The van der Waals surface area contributed by atoms with E-state index < -0.39 is 0 Å². The number of hydrogen-bond acceptors (Lipinski definition) is 6. The number of aromatic nitrogens is 1. The summed E-state index contributed by atoms with van der Waals surface area (Å²) in [6.45, 7) is 10.4. The molecule has 4 saturated heterocycles. The molecule has 5 rings (SSSR count). The fourth-order valence-electron chi connectivity index (χ4n) is 5.98. The monoisotopic (exact) mass is 462 g/mol.